The van der Waals surface area contributed by atoms with Crippen molar-refractivity contribution in [2.75, 3.05) is 10.6 Å². The van der Waals surface area contributed by atoms with Crippen LogP contribution in [0.1, 0.15) is 57.4 Å². The topological polar surface area (TPSA) is 105 Å². The summed E-state index contributed by atoms with van der Waals surface area (Å²) in [7, 11) is 0. The summed E-state index contributed by atoms with van der Waals surface area (Å²) in [5.74, 6) is -1.40. The number of hydrogen-bond donors (Lipinski definition) is 3. The third kappa shape index (κ3) is 7.00. The minimum Gasteiger partial charge on any atom is -0.478 e. The lowest BCUT2D eigenvalue weighted by Crippen LogP contribution is -2.15. The standard InChI is InChI=1S/C31H26Cl2N2O5/c1-31(2,3)19-6-4-18(5-7-19)28(36)34-21-9-11-22(12-10-21)40-23-13-15-27(25(17-23)30(38)39)35-29(37)24-14-8-20(32)16-26(24)33/h4-17H,1-3H3,(H,34,36)(H,35,37)(H,38,39). The van der Waals surface area contributed by atoms with Gasteiger partial charge in [-0.05, 0) is 83.8 Å². The Labute approximate surface area is 241 Å². The Balaban J connectivity index is 1.43. The van der Waals surface area contributed by atoms with Gasteiger partial charge in [-0.25, -0.2) is 4.79 Å². The molecule has 0 aliphatic rings. The second-order valence-corrected chi connectivity index (χ2v) is 10.8. The third-order valence-electron chi connectivity index (χ3n) is 6.01. The van der Waals surface area contributed by atoms with Crippen molar-refractivity contribution in [1.82, 2.24) is 0 Å². The quantitative estimate of drug-likeness (QED) is 0.205. The fourth-order valence-corrected chi connectivity index (χ4v) is 4.30. The van der Waals surface area contributed by atoms with E-state index in [9.17, 15) is 19.5 Å². The van der Waals surface area contributed by atoms with E-state index in [0.717, 1.165) is 5.56 Å². The number of carbonyl (C=O) groups excluding carboxylic acids is 2. The number of carboxylic acids is 1. The minimum atomic E-state index is -1.25. The van der Waals surface area contributed by atoms with Crippen molar-refractivity contribution in [1.29, 1.82) is 0 Å². The molecule has 0 spiro atoms. The van der Waals surface area contributed by atoms with Gasteiger partial charge >= 0.3 is 5.97 Å². The number of nitrogens with one attached hydrogen (secondary N) is 2. The zero-order valence-electron chi connectivity index (χ0n) is 21.9. The molecule has 0 bridgehead atoms. The Hall–Kier alpha value is -4.33. The van der Waals surface area contributed by atoms with E-state index in [1.54, 1.807) is 36.4 Å². The van der Waals surface area contributed by atoms with Crippen LogP contribution in [0.3, 0.4) is 0 Å². The molecule has 204 valence electrons. The molecular weight excluding hydrogens is 551 g/mol. The second-order valence-electron chi connectivity index (χ2n) is 10.00. The summed E-state index contributed by atoms with van der Waals surface area (Å²) >= 11 is 12.0. The molecule has 0 saturated carbocycles. The number of amides is 2. The molecule has 0 saturated heterocycles. The SMILES string of the molecule is CC(C)(C)c1ccc(C(=O)Nc2ccc(Oc3ccc(NC(=O)c4ccc(Cl)cc4Cl)c(C(=O)O)c3)cc2)cc1. The number of rotatable bonds is 7. The van der Waals surface area contributed by atoms with Crippen molar-refractivity contribution in [2.45, 2.75) is 26.2 Å². The highest BCUT2D eigenvalue weighted by atomic mass is 35.5. The zero-order chi connectivity index (χ0) is 29.0. The van der Waals surface area contributed by atoms with Gasteiger partial charge in [0.2, 0.25) is 0 Å². The normalized spacial score (nSPS) is 11.0. The summed E-state index contributed by atoms with van der Waals surface area (Å²) in [5, 5.41) is 15.6. The highest BCUT2D eigenvalue weighted by Gasteiger charge is 2.18. The number of ether oxygens (including phenoxy) is 1. The van der Waals surface area contributed by atoms with Crippen LogP contribution in [0.4, 0.5) is 11.4 Å². The monoisotopic (exact) mass is 576 g/mol. The van der Waals surface area contributed by atoms with Crippen LogP contribution in [0.25, 0.3) is 0 Å². The van der Waals surface area contributed by atoms with E-state index in [4.69, 9.17) is 27.9 Å². The molecule has 9 heteroatoms. The van der Waals surface area contributed by atoms with E-state index in [0.29, 0.717) is 22.0 Å². The fraction of sp³-hybridized carbons (Fsp3) is 0.129. The molecule has 4 aromatic carbocycles. The average molecular weight is 577 g/mol. The second kappa shape index (κ2) is 11.8. The lowest BCUT2D eigenvalue weighted by molar-refractivity contribution is 0.0697. The van der Waals surface area contributed by atoms with Gasteiger partial charge in [0.05, 0.1) is 21.8 Å². The molecule has 3 N–H and O–H groups in total. The van der Waals surface area contributed by atoms with E-state index in [2.05, 4.69) is 31.4 Å². The third-order valence-corrected chi connectivity index (χ3v) is 6.55. The number of anilines is 2. The van der Waals surface area contributed by atoms with Gasteiger partial charge in [-0.15, -0.1) is 0 Å². The molecule has 4 aromatic rings. The maximum atomic E-state index is 12.7. The van der Waals surface area contributed by atoms with E-state index in [-0.39, 0.29) is 38.9 Å². The van der Waals surface area contributed by atoms with Crippen LogP contribution in [0.5, 0.6) is 11.5 Å². The van der Waals surface area contributed by atoms with Gasteiger partial charge in [-0.1, -0.05) is 56.1 Å². The van der Waals surface area contributed by atoms with Gasteiger partial charge in [0.15, 0.2) is 0 Å². The van der Waals surface area contributed by atoms with E-state index in [1.165, 1.54) is 36.4 Å². The van der Waals surface area contributed by atoms with Gasteiger partial charge in [0.25, 0.3) is 11.8 Å². The molecule has 40 heavy (non-hydrogen) atoms. The van der Waals surface area contributed by atoms with Crippen LogP contribution in [0.2, 0.25) is 10.0 Å². The average Bonchev–Trinajstić information content (AvgIpc) is 2.90. The summed E-state index contributed by atoms with van der Waals surface area (Å²) in [6.07, 6.45) is 0. The van der Waals surface area contributed by atoms with Gasteiger partial charge in [-0.2, -0.15) is 0 Å². The van der Waals surface area contributed by atoms with Crippen molar-refractivity contribution < 1.29 is 24.2 Å². The highest BCUT2D eigenvalue weighted by molar-refractivity contribution is 6.37. The van der Waals surface area contributed by atoms with E-state index >= 15 is 0 Å². The molecule has 0 heterocycles. The maximum Gasteiger partial charge on any atom is 0.337 e. The van der Waals surface area contributed by atoms with Crippen LogP contribution in [-0.4, -0.2) is 22.9 Å². The van der Waals surface area contributed by atoms with Crippen LogP contribution < -0.4 is 15.4 Å². The lowest BCUT2D eigenvalue weighted by atomic mass is 9.87. The largest absolute Gasteiger partial charge is 0.478 e. The van der Waals surface area contributed by atoms with E-state index < -0.39 is 11.9 Å². The Morgan fingerprint density at radius 3 is 1.98 bits per heavy atom. The van der Waals surface area contributed by atoms with Crippen LogP contribution in [0, 0.1) is 0 Å². The Bertz CT molecular complexity index is 1580. The van der Waals surface area contributed by atoms with Crippen molar-refractivity contribution >= 4 is 52.4 Å². The number of hydrogen-bond acceptors (Lipinski definition) is 4. The molecule has 0 unspecified atom stereocenters. The van der Waals surface area contributed by atoms with Gasteiger partial charge < -0.3 is 20.5 Å². The molecule has 0 aliphatic carbocycles. The smallest absolute Gasteiger partial charge is 0.337 e. The summed E-state index contributed by atoms with van der Waals surface area (Å²) in [4.78, 5) is 37.2. The summed E-state index contributed by atoms with van der Waals surface area (Å²) in [6, 6.07) is 22.8. The molecule has 0 radical (unpaired) electrons. The molecule has 0 atom stereocenters. The number of benzene rings is 4. The fourth-order valence-electron chi connectivity index (χ4n) is 3.80. The first-order chi connectivity index (χ1) is 18.9. The summed E-state index contributed by atoms with van der Waals surface area (Å²) < 4.78 is 5.81. The first-order valence-corrected chi connectivity index (χ1v) is 13.0. The van der Waals surface area contributed by atoms with Crippen molar-refractivity contribution in [2.24, 2.45) is 0 Å². The van der Waals surface area contributed by atoms with Crippen molar-refractivity contribution in [3.05, 3.63) is 117 Å². The number of carbonyl (C=O) groups is 3. The van der Waals surface area contributed by atoms with Gasteiger partial charge in [0, 0.05) is 16.3 Å². The minimum absolute atomic E-state index is 0.00394. The maximum absolute atomic E-state index is 12.7. The molecule has 0 aromatic heterocycles. The Morgan fingerprint density at radius 2 is 1.38 bits per heavy atom. The van der Waals surface area contributed by atoms with E-state index in [1.807, 2.05) is 12.1 Å². The Morgan fingerprint density at radius 1 is 0.725 bits per heavy atom. The van der Waals surface area contributed by atoms with Crippen molar-refractivity contribution in [3.63, 3.8) is 0 Å². The molecule has 7 nitrogen and oxygen atoms in total. The number of aromatic carboxylic acids is 1. The molecular formula is C31H26Cl2N2O5. The van der Waals surface area contributed by atoms with Crippen LogP contribution >= 0.6 is 23.2 Å². The Kier molecular flexibility index (Phi) is 8.47. The molecule has 0 fully saturated rings. The summed E-state index contributed by atoms with van der Waals surface area (Å²) in [6.45, 7) is 6.33. The highest BCUT2D eigenvalue weighted by Crippen LogP contribution is 2.29. The first-order valence-electron chi connectivity index (χ1n) is 12.2. The number of halogens is 2. The predicted molar refractivity (Wildman–Crippen MR) is 157 cm³/mol. The predicted octanol–water partition coefficient (Wildman–Crippen LogP) is 8.29. The first kappa shape index (κ1) is 28.7. The van der Waals surface area contributed by atoms with Crippen molar-refractivity contribution in [3.8, 4) is 11.5 Å². The van der Waals surface area contributed by atoms with Crippen LogP contribution in [-0.2, 0) is 5.41 Å². The molecule has 2 amide bonds. The van der Waals surface area contributed by atoms with Crippen LogP contribution in [0.15, 0.2) is 84.9 Å². The summed E-state index contributed by atoms with van der Waals surface area (Å²) in [5.41, 5.74) is 2.30. The number of carboxylic acid groups (broad SMARTS) is 1. The zero-order valence-corrected chi connectivity index (χ0v) is 23.4. The van der Waals surface area contributed by atoms with Gasteiger partial charge in [0.1, 0.15) is 11.5 Å². The van der Waals surface area contributed by atoms with Gasteiger partial charge in [-0.3, -0.25) is 9.59 Å². The lowest BCUT2D eigenvalue weighted by Gasteiger charge is -2.19. The molecule has 0 aliphatic heterocycles. The molecule has 4 rings (SSSR count).